The zero-order valence-electron chi connectivity index (χ0n) is 17.1. The zero-order chi connectivity index (χ0) is 19.9. The highest BCUT2D eigenvalue weighted by Gasteiger charge is 2.43. The van der Waals surface area contributed by atoms with Crippen LogP contribution in [0.5, 0.6) is 0 Å². The fourth-order valence-corrected chi connectivity index (χ4v) is 4.73. The van der Waals surface area contributed by atoms with Crippen LogP contribution in [0.25, 0.3) is 0 Å². The molecule has 1 saturated carbocycles. The molecule has 0 unspecified atom stereocenters. The van der Waals surface area contributed by atoms with Gasteiger partial charge < -0.3 is 20.3 Å². The number of ether oxygens (including phenoxy) is 1. The van der Waals surface area contributed by atoms with Crippen LogP contribution in [0.2, 0.25) is 0 Å². The average molecular weight is 411 g/mol. The summed E-state index contributed by atoms with van der Waals surface area (Å²) in [5.41, 5.74) is 2.53. The third kappa shape index (κ3) is 5.67. The Bertz CT molecular complexity index is 799. The van der Waals surface area contributed by atoms with Crippen molar-refractivity contribution < 1.29 is 4.74 Å². The van der Waals surface area contributed by atoms with Crippen LogP contribution >= 0.6 is 11.8 Å². The predicted molar refractivity (Wildman–Crippen MR) is 122 cm³/mol. The fraction of sp³-hybridized carbons (Fsp3) is 0.435. The molecule has 1 saturated heterocycles. The molecule has 154 valence electrons. The van der Waals surface area contributed by atoms with Crippen LogP contribution in [0.1, 0.15) is 18.4 Å². The summed E-state index contributed by atoms with van der Waals surface area (Å²) in [4.78, 5) is 8.11. The number of hydrogen-bond acceptors (Lipinski definition) is 4. The summed E-state index contributed by atoms with van der Waals surface area (Å²) in [6.07, 6.45) is 2.50. The maximum absolute atomic E-state index is 5.43. The molecule has 1 aliphatic carbocycles. The highest BCUT2D eigenvalue weighted by atomic mass is 32.2. The lowest BCUT2D eigenvalue weighted by Crippen LogP contribution is -2.40. The molecule has 2 N–H and O–H groups in total. The van der Waals surface area contributed by atoms with Gasteiger partial charge >= 0.3 is 0 Å². The summed E-state index contributed by atoms with van der Waals surface area (Å²) in [6, 6.07) is 19.5. The van der Waals surface area contributed by atoms with Crippen molar-refractivity contribution in [2.75, 3.05) is 44.8 Å². The van der Waals surface area contributed by atoms with Gasteiger partial charge in [0.15, 0.2) is 5.96 Å². The predicted octanol–water partition coefficient (Wildman–Crippen LogP) is 3.51. The molecule has 5 nitrogen and oxygen atoms in total. The largest absolute Gasteiger partial charge is 0.378 e. The van der Waals surface area contributed by atoms with E-state index in [4.69, 9.17) is 4.74 Å². The summed E-state index contributed by atoms with van der Waals surface area (Å²) in [5, 5.41) is 6.97. The van der Waals surface area contributed by atoms with Crippen molar-refractivity contribution in [1.82, 2.24) is 10.6 Å². The first-order chi connectivity index (χ1) is 14.3. The first kappa shape index (κ1) is 20.1. The Kier molecular flexibility index (Phi) is 6.62. The summed E-state index contributed by atoms with van der Waals surface area (Å²) in [6.45, 7) is 5.27. The normalized spacial score (nSPS) is 18.4. The van der Waals surface area contributed by atoms with Crippen LogP contribution < -0.4 is 15.5 Å². The van der Waals surface area contributed by atoms with Crippen LogP contribution in [0.3, 0.4) is 0 Å². The minimum Gasteiger partial charge on any atom is -0.378 e. The minimum absolute atomic E-state index is 0.304. The summed E-state index contributed by atoms with van der Waals surface area (Å²) in [7, 11) is 1.83. The number of nitrogens with zero attached hydrogens (tertiary/aromatic N) is 2. The summed E-state index contributed by atoms with van der Waals surface area (Å²) in [5.74, 6) is 0.863. The Balaban J connectivity index is 1.24. The van der Waals surface area contributed by atoms with Crippen LogP contribution in [0, 0.1) is 0 Å². The van der Waals surface area contributed by atoms with Crippen LogP contribution in [-0.4, -0.2) is 50.6 Å². The van der Waals surface area contributed by atoms with Gasteiger partial charge in [-0.15, -0.1) is 11.8 Å². The second-order valence-electron chi connectivity index (χ2n) is 7.64. The molecule has 0 radical (unpaired) electrons. The molecule has 6 heteroatoms. The van der Waals surface area contributed by atoms with Crippen LogP contribution in [-0.2, 0) is 11.3 Å². The fourth-order valence-electron chi connectivity index (χ4n) is 3.49. The van der Waals surface area contributed by atoms with E-state index < -0.39 is 0 Å². The number of guanidine groups is 1. The second kappa shape index (κ2) is 9.55. The zero-order valence-corrected chi connectivity index (χ0v) is 17.9. The average Bonchev–Trinajstić information content (AvgIpc) is 3.55. The Hall–Kier alpha value is -2.18. The monoisotopic (exact) mass is 410 g/mol. The van der Waals surface area contributed by atoms with Gasteiger partial charge in [0.25, 0.3) is 0 Å². The topological polar surface area (TPSA) is 48.9 Å². The number of hydrogen-bond donors (Lipinski definition) is 2. The van der Waals surface area contributed by atoms with Crippen molar-refractivity contribution in [3.05, 3.63) is 60.2 Å². The summed E-state index contributed by atoms with van der Waals surface area (Å²) >= 11 is 1.98. The van der Waals surface area contributed by atoms with E-state index in [9.17, 15) is 0 Å². The maximum atomic E-state index is 5.43. The van der Waals surface area contributed by atoms with Gasteiger partial charge in [0, 0.05) is 48.6 Å². The number of rotatable bonds is 7. The highest BCUT2D eigenvalue weighted by Crippen LogP contribution is 2.51. The van der Waals surface area contributed by atoms with Crippen molar-refractivity contribution in [3.63, 3.8) is 0 Å². The molecule has 1 aliphatic heterocycles. The number of morpholine rings is 1. The number of thioether (sulfide) groups is 1. The highest BCUT2D eigenvalue weighted by molar-refractivity contribution is 8.01. The van der Waals surface area contributed by atoms with E-state index in [0.717, 1.165) is 45.4 Å². The molecular formula is C23H30N4OS. The van der Waals surface area contributed by atoms with E-state index >= 15 is 0 Å². The Morgan fingerprint density at radius 3 is 2.41 bits per heavy atom. The molecule has 0 spiro atoms. The van der Waals surface area contributed by atoms with Gasteiger partial charge in [0.05, 0.1) is 13.2 Å². The van der Waals surface area contributed by atoms with Crippen LogP contribution in [0.15, 0.2) is 64.5 Å². The van der Waals surface area contributed by atoms with Crippen molar-refractivity contribution in [2.24, 2.45) is 4.99 Å². The number of aliphatic imine (C=N–C) groups is 1. The molecule has 2 aromatic carbocycles. The molecule has 2 aromatic rings. The standard InChI is InChI=1S/C23H30N4OS/c1-24-22(26-18-23(11-12-23)29-21-5-3-2-4-6-21)25-17-19-7-9-20(10-8-19)27-13-15-28-16-14-27/h2-10H,11-18H2,1H3,(H2,24,25,26). The lowest BCUT2D eigenvalue weighted by molar-refractivity contribution is 0.122. The Morgan fingerprint density at radius 1 is 1.03 bits per heavy atom. The molecule has 0 aromatic heterocycles. The minimum atomic E-state index is 0.304. The van der Waals surface area contributed by atoms with E-state index in [1.165, 1.54) is 29.0 Å². The van der Waals surface area contributed by atoms with Crippen molar-refractivity contribution >= 4 is 23.4 Å². The third-order valence-electron chi connectivity index (χ3n) is 5.46. The molecule has 2 fully saturated rings. The molecule has 2 aliphatic rings. The van der Waals surface area contributed by atoms with Gasteiger partial charge in [-0.2, -0.15) is 0 Å². The van der Waals surface area contributed by atoms with Crippen molar-refractivity contribution in [1.29, 1.82) is 0 Å². The maximum Gasteiger partial charge on any atom is 0.191 e. The van der Waals surface area contributed by atoms with Gasteiger partial charge in [0.1, 0.15) is 0 Å². The van der Waals surface area contributed by atoms with Gasteiger partial charge in [-0.1, -0.05) is 30.3 Å². The number of nitrogens with one attached hydrogen (secondary N) is 2. The lowest BCUT2D eigenvalue weighted by atomic mass is 10.2. The number of anilines is 1. The summed E-state index contributed by atoms with van der Waals surface area (Å²) < 4.78 is 5.74. The first-order valence-electron chi connectivity index (χ1n) is 10.4. The lowest BCUT2D eigenvalue weighted by Gasteiger charge is -2.29. The van der Waals surface area contributed by atoms with E-state index in [2.05, 4.69) is 75.1 Å². The van der Waals surface area contributed by atoms with Gasteiger partial charge in [0.2, 0.25) is 0 Å². The quantitative estimate of drug-likeness (QED) is 0.540. The van der Waals surface area contributed by atoms with Gasteiger partial charge in [-0.25, -0.2) is 0 Å². The van der Waals surface area contributed by atoms with E-state index in [1.54, 1.807) is 0 Å². The molecule has 0 amide bonds. The Labute approximate surface area is 177 Å². The molecule has 0 bridgehead atoms. The molecule has 1 heterocycles. The molecule has 29 heavy (non-hydrogen) atoms. The smallest absolute Gasteiger partial charge is 0.191 e. The van der Waals surface area contributed by atoms with Crippen LogP contribution in [0.4, 0.5) is 5.69 Å². The SMILES string of the molecule is CN=C(NCc1ccc(N2CCOCC2)cc1)NCC1(Sc2ccccc2)CC1. The molecule has 0 atom stereocenters. The first-order valence-corrected chi connectivity index (χ1v) is 11.2. The molecule has 4 rings (SSSR count). The van der Waals surface area contributed by atoms with Crippen molar-refractivity contribution in [3.8, 4) is 0 Å². The van der Waals surface area contributed by atoms with E-state index in [-0.39, 0.29) is 0 Å². The second-order valence-corrected chi connectivity index (χ2v) is 9.18. The van der Waals surface area contributed by atoms with Gasteiger partial charge in [-0.05, 0) is 42.7 Å². The molecular weight excluding hydrogens is 380 g/mol. The Morgan fingerprint density at radius 2 is 1.76 bits per heavy atom. The van der Waals surface area contributed by atoms with E-state index in [1.807, 2.05) is 18.8 Å². The number of benzene rings is 2. The van der Waals surface area contributed by atoms with Crippen molar-refractivity contribution in [2.45, 2.75) is 29.0 Å². The third-order valence-corrected chi connectivity index (χ3v) is 6.95. The van der Waals surface area contributed by atoms with E-state index in [0.29, 0.717) is 4.75 Å². The van der Waals surface area contributed by atoms with Gasteiger partial charge in [-0.3, -0.25) is 4.99 Å².